The SMILES string of the molecule is O=C(c1cccc2cc[nH]c12)N1CCCC1c1ccc[nH]1. The first kappa shape index (κ1) is 12.3. The predicted octanol–water partition coefficient (Wildman–Crippen LogP) is 3.47. The van der Waals surface area contributed by atoms with Crippen molar-refractivity contribution >= 4 is 16.8 Å². The third kappa shape index (κ3) is 1.95. The van der Waals surface area contributed by atoms with Gasteiger partial charge in [-0.25, -0.2) is 0 Å². The van der Waals surface area contributed by atoms with E-state index in [0.29, 0.717) is 0 Å². The Morgan fingerprint density at radius 2 is 2.05 bits per heavy atom. The molecule has 1 aromatic carbocycles. The molecular formula is C17H17N3O. The van der Waals surface area contributed by atoms with Gasteiger partial charge in [-0.15, -0.1) is 0 Å². The van der Waals surface area contributed by atoms with E-state index < -0.39 is 0 Å². The Balaban J connectivity index is 1.72. The minimum atomic E-state index is 0.111. The van der Waals surface area contributed by atoms with E-state index in [1.807, 2.05) is 47.6 Å². The van der Waals surface area contributed by atoms with Crippen LogP contribution in [0.25, 0.3) is 10.9 Å². The van der Waals surface area contributed by atoms with Gasteiger partial charge in [-0.05, 0) is 37.1 Å². The fourth-order valence-corrected chi connectivity index (χ4v) is 3.30. The van der Waals surface area contributed by atoms with Crippen LogP contribution in [0.4, 0.5) is 0 Å². The summed E-state index contributed by atoms with van der Waals surface area (Å²) in [5.74, 6) is 0.111. The molecule has 2 N–H and O–H groups in total. The molecule has 1 unspecified atom stereocenters. The molecule has 0 spiro atoms. The smallest absolute Gasteiger partial charge is 0.256 e. The van der Waals surface area contributed by atoms with E-state index in [-0.39, 0.29) is 11.9 Å². The molecule has 0 saturated carbocycles. The van der Waals surface area contributed by atoms with Crippen LogP contribution in [-0.4, -0.2) is 27.3 Å². The molecule has 4 rings (SSSR count). The van der Waals surface area contributed by atoms with Crippen LogP contribution in [0.1, 0.15) is 34.9 Å². The molecule has 2 aromatic heterocycles. The number of hydrogen-bond donors (Lipinski definition) is 2. The van der Waals surface area contributed by atoms with Gasteiger partial charge in [0.1, 0.15) is 0 Å². The Morgan fingerprint density at radius 1 is 1.10 bits per heavy atom. The molecule has 1 aliphatic rings. The van der Waals surface area contributed by atoms with Crippen molar-refractivity contribution < 1.29 is 4.79 Å². The molecule has 0 aliphatic carbocycles. The van der Waals surface area contributed by atoms with E-state index in [1.54, 1.807) is 0 Å². The second-order valence-corrected chi connectivity index (χ2v) is 5.53. The molecule has 1 amide bonds. The number of likely N-dealkylation sites (tertiary alicyclic amines) is 1. The summed E-state index contributed by atoms with van der Waals surface area (Å²) in [5.41, 5.74) is 2.81. The van der Waals surface area contributed by atoms with Crippen LogP contribution >= 0.6 is 0 Å². The molecule has 1 aliphatic heterocycles. The summed E-state index contributed by atoms with van der Waals surface area (Å²) in [7, 11) is 0. The third-order valence-corrected chi connectivity index (χ3v) is 4.31. The van der Waals surface area contributed by atoms with Gasteiger partial charge in [0, 0.05) is 30.0 Å². The summed E-state index contributed by atoms with van der Waals surface area (Å²) in [6.07, 6.45) is 5.87. The van der Waals surface area contributed by atoms with Gasteiger partial charge in [0.05, 0.1) is 17.1 Å². The number of para-hydroxylation sites is 1. The summed E-state index contributed by atoms with van der Waals surface area (Å²) in [4.78, 5) is 21.4. The molecule has 4 heteroatoms. The van der Waals surface area contributed by atoms with Crippen molar-refractivity contribution in [3.05, 3.63) is 60.0 Å². The highest BCUT2D eigenvalue weighted by Crippen LogP contribution is 2.33. The van der Waals surface area contributed by atoms with Crippen molar-refractivity contribution in [2.45, 2.75) is 18.9 Å². The number of aromatic amines is 2. The first-order chi connectivity index (χ1) is 10.3. The Morgan fingerprint density at radius 3 is 2.90 bits per heavy atom. The fourth-order valence-electron chi connectivity index (χ4n) is 3.30. The van der Waals surface area contributed by atoms with E-state index in [2.05, 4.69) is 16.0 Å². The lowest BCUT2D eigenvalue weighted by Gasteiger charge is -2.24. The highest BCUT2D eigenvalue weighted by Gasteiger charge is 2.31. The van der Waals surface area contributed by atoms with E-state index in [9.17, 15) is 4.79 Å². The van der Waals surface area contributed by atoms with Crippen LogP contribution in [0.5, 0.6) is 0 Å². The van der Waals surface area contributed by atoms with Gasteiger partial charge >= 0.3 is 0 Å². The summed E-state index contributed by atoms with van der Waals surface area (Å²) in [6, 6.07) is 12.1. The van der Waals surface area contributed by atoms with E-state index >= 15 is 0 Å². The van der Waals surface area contributed by atoms with E-state index in [0.717, 1.165) is 41.5 Å². The zero-order valence-corrected chi connectivity index (χ0v) is 11.7. The van der Waals surface area contributed by atoms with Gasteiger partial charge in [0.2, 0.25) is 0 Å². The molecule has 4 nitrogen and oxygen atoms in total. The van der Waals surface area contributed by atoms with Crippen LogP contribution in [0.3, 0.4) is 0 Å². The predicted molar refractivity (Wildman–Crippen MR) is 82.1 cm³/mol. The van der Waals surface area contributed by atoms with Gasteiger partial charge in [-0.1, -0.05) is 12.1 Å². The normalized spacial score (nSPS) is 18.5. The molecule has 106 valence electrons. The minimum absolute atomic E-state index is 0.111. The lowest BCUT2D eigenvalue weighted by molar-refractivity contribution is 0.0735. The standard InChI is InChI=1S/C17H17N3O/c21-17(13-5-1-4-12-8-10-19-16(12)13)20-11-3-7-15(20)14-6-2-9-18-14/h1-2,4-6,8-10,15,18-19H,3,7,11H2. The van der Waals surface area contributed by atoms with Gasteiger partial charge in [0.15, 0.2) is 0 Å². The van der Waals surface area contributed by atoms with Crippen molar-refractivity contribution in [1.29, 1.82) is 0 Å². The maximum absolute atomic E-state index is 13.0. The zero-order chi connectivity index (χ0) is 14.2. The molecule has 0 bridgehead atoms. The molecule has 1 saturated heterocycles. The number of aromatic nitrogens is 2. The Hall–Kier alpha value is -2.49. The number of fused-ring (bicyclic) bond motifs is 1. The first-order valence-corrected chi connectivity index (χ1v) is 7.35. The number of carbonyl (C=O) groups excluding carboxylic acids is 1. The average Bonchev–Trinajstić information content (AvgIpc) is 3.23. The average molecular weight is 279 g/mol. The lowest BCUT2D eigenvalue weighted by atomic mass is 10.1. The molecule has 1 atom stereocenters. The van der Waals surface area contributed by atoms with Gasteiger partial charge in [-0.3, -0.25) is 4.79 Å². The summed E-state index contributed by atoms with van der Waals surface area (Å²) >= 11 is 0. The van der Waals surface area contributed by atoms with Crippen molar-refractivity contribution in [1.82, 2.24) is 14.9 Å². The van der Waals surface area contributed by atoms with Crippen molar-refractivity contribution in [3.63, 3.8) is 0 Å². The van der Waals surface area contributed by atoms with Crippen LogP contribution in [0.2, 0.25) is 0 Å². The van der Waals surface area contributed by atoms with Crippen molar-refractivity contribution in [2.75, 3.05) is 6.54 Å². The highest BCUT2D eigenvalue weighted by atomic mass is 16.2. The largest absolute Gasteiger partial charge is 0.363 e. The van der Waals surface area contributed by atoms with Gasteiger partial charge in [-0.2, -0.15) is 0 Å². The first-order valence-electron chi connectivity index (χ1n) is 7.35. The molecule has 21 heavy (non-hydrogen) atoms. The minimum Gasteiger partial charge on any atom is -0.363 e. The Kier molecular flexibility index (Phi) is 2.81. The topological polar surface area (TPSA) is 51.9 Å². The maximum atomic E-state index is 13.0. The number of hydrogen-bond acceptors (Lipinski definition) is 1. The van der Waals surface area contributed by atoms with Crippen LogP contribution in [0, 0.1) is 0 Å². The fraction of sp³-hybridized carbons (Fsp3) is 0.235. The highest BCUT2D eigenvalue weighted by molar-refractivity contribution is 6.05. The number of H-pyrrole nitrogens is 2. The molecule has 0 radical (unpaired) electrons. The summed E-state index contributed by atoms with van der Waals surface area (Å²) in [5, 5.41) is 1.08. The van der Waals surface area contributed by atoms with E-state index in [4.69, 9.17) is 0 Å². The number of nitrogens with zero attached hydrogens (tertiary/aromatic N) is 1. The van der Waals surface area contributed by atoms with Crippen LogP contribution in [0.15, 0.2) is 48.8 Å². The van der Waals surface area contributed by atoms with Crippen molar-refractivity contribution in [2.24, 2.45) is 0 Å². The summed E-state index contributed by atoms with van der Waals surface area (Å²) in [6.45, 7) is 0.819. The number of rotatable bonds is 2. The van der Waals surface area contributed by atoms with Crippen LogP contribution in [-0.2, 0) is 0 Å². The van der Waals surface area contributed by atoms with Gasteiger partial charge < -0.3 is 14.9 Å². The van der Waals surface area contributed by atoms with Gasteiger partial charge in [0.25, 0.3) is 5.91 Å². The zero-order valence-electron chi connectivity index (χ0n) is 11.7. The Bertz CT molecular complexity index is 772. The molecule has 3 aromatic rings. The summed E-state index contributed by atoms with van der Waals surface area (Å²) < 4.78 is 0. The van der Waals surface area contributed by atoms with E-state index in [1.165, 1.54) is 0 Å². The number of carbonyl (C=O) groups is 1. The molecule has 3 heterocycles. The monoisotopic (exact) mass is 279 g/mol. The second-order valence-electron chi connectivity index (χ2n) is 5.53. The number of amides is 1. The maximum Gasteiger partial charge on any atom is 0.256 e. The van der Waals surface area contributed by atoms with Crippen LogP contribution < -0.4 is 0 Å². The third-order valence-electron chi connectivity index (χ3n) is 4.31. The lowest BCUT2D eigenvalue weighted by Crippen LogP contribution is -2.30. The van der Waals surface area contributed by atoms with Crippen molar-refractivity contribution in [3.8, 4) is 0 Å². The quantitative estimate of drug-likeness (QED) is 0.741. The number of nitrogens with one attached hydrogen (secondary N) is 2. The number of benzene rings is 1. The Labute approximate surface area is 122 Å². The molecule has 1 fully saturated rings. The molecular weight excluding hydrogens is 262 g/mol. The second kappa shape index (κ2) is 4.81.